The molecule has 2 atom stereocenters. The molecule has 2 aliphatic rings. The van der Waals surface area contributed by atoms with Crippen LogP contribution in [0.1, 0.15) is 12.0 Å². The summed E-state index contributed by atoms with van der Waals surface area (Å²) in [5.74, 6) is -0.903. The Hall–Kier alpha value is -2.67. The summed E-state index contributed by atoms with van der Waals surface area (Å²) < 4.78 is 0. The monoisotopic (exact) mass is 314 g/mol. The molecule has 7 heteroatoms. The second-order valence-electron chi connectivity index (χ2n) is 5.71. The van der Waals surface area contributed by atoms with E-state index in [4.69, 9.17) is 5.73 Å². The summed E-state index contributed by atoms with van der Waals surface area (Å²) in [5.41, 5.74) is 4.98. The van der Waals surface area contributed by atoms with Gasteiger partial charge in [0.1, 0.15) is 0 Å². The van der Waals surface area contributed by atoms with Crippen LogP contribution in [0.4, 0.5) is 5.69 Å². The minimum absolute atomic E-state index is 0.326. The third-order valence-corrected chi connectivity index (χ3v) is 4.21. The van der Waals surface area contributed by atoms with Gasteiger partial charge in [-0.15, -0.1) is 0 Å². The first-order chi connectivity index (χ1) is 10.9. The molecule has 0 bridgehead atoms. The number of nitrogens with zero attached hydrogens (tertiary/aromatic N) is 3. The van der Waals surface area contributed by atoms with E-state index in [9.17, 15) is 14.7 Å². The maximum Gasteiger partial charge on any atom is 0.263 e. The number of aliphatic imine (C=N–C) groups is 1. The van der Waals surface area contributed by atoms with Gasteiger partial charge in [-0.05, 0) is 23.8 Å². The number of allylic oxidation sites excluding steroid dienone is 1. The van der Waals surface area contributed by atoms with Crippen LogP contribution in [0.2, 0.25) is 0 Å². The molecular weight excluding hydrogens is 296 g/mol. The van der Waals surface area contributed by atoms with Crippen molar-refractivity contribution in [2.24, 2.45) is 10.7 Å². The van der Waals surface area contributed by atoms with Crippen LogP contribution < -0.4 is 10.6 Å². The van der Waals surface area contributed by atoms with Gasteiger partial charge in [0, 0.05) is 38.1 Å². The maximum absolute atomic E-state index is 12.2. The lowest BCUT2D eigenvalue weighted by Crippen LogP contribution is -2.42. The molecule has 2 amide bonds. The fourth-order valence-corrected chi connectivity index (χ4v) is 2.90. The number of likely N-dealkylation sites (tertiary alicyclic amines) is 1. The van der Waals surface area contributed by atoms with Crippen molar-refractivity contribution >= 4 is 23.7 Å². The molecule has 3 rings (SSSR count). The number of primary amides is 1. The molecule has 0 spiro atoms. The van der Waals surface area contributed by atoms with Gasteiger partial charge in [-0.25, -0.2) is 0 Å². The zero-order chi connectivity index (χ0) is 16.6. The minimum atomic E-state index is -1.53. The van der Waals surface area contributed by atoms with Crippen molar-refractivity contribution in [1.82, 2.24) is 4.90 Å². The Kier molecular flexibility index (Phi) is 3.65. The van der Waals surface area contributed by atoms with Gasteiger partial charge in [-0.3, -0.25) is 14.6 Å². The van der Waals surface area contributed by atoms with Crippen molar-refractivity contribution in [3.05, 3.63) is 42.1 Å². The predicted molar refractivity (Wildman–Crippen MR) is 85.7 cm³/mol. The molecule has 0 aliphatic carbocycles. The molecule has 1 aromatic rings. The summed E-state index contributed by atoms with van der Waals surface area (Å²) >= 11 is 0. The molecule has 7 nitrogen and oxygen atoms in total. The zero-order valence-electron chi connectivity index (χ0n) is 12.7. The molecule has 2 heterocycles. The maximum atomic E-state index is 12.2. The fourth-order valence-electron chi connectivity index (χ4n) is 2.90. The lowest BCUT2D eigenvalue weighted by molar-refractivity contribution is -0.143. The first kappa shape index (κ1) is 15.2. The van der Waals surface area contributed by atoms with Gasteiger partial charge in [-0.1, -0.05) is 12.1 Å². The van der Waals surface area contributed by atoms with E-state index >= 15 is 0 Å². The number of hydrogen-bond acceptors (Lipinski definition) is 5. The molecule has 1 fully saturated rings. The van der Waals surface area contributed by atoms with Crippen LogP contribution in [-0.2, 0) is 15.2 Å². The Morgan fingerprint density at radius 2 is 2.26 bits per heavy atom. The standard InChI is InChI=1S/C16H18N4O3/c1-19-9-6-16(23,15(19)22)11-4-2-5-12(10-11)20-8-3-7-18-14(20)13(17)21/h2-5,7-8,10,14,23H,6,9H2,1H3,(H2,17,21). The minimum Gasteiger partial charge on any atom is -0.375 e. The zero-order valence-corrected chi connectivity index (χ0v) is 12.7. The van der Waals surface area contributed by atoms with Crippen LogP contribution in [-0.4, -0.2) is 47.8 Å². The molecule has 1 saturated heterocycles. The average Bonchev–Trinajstić information content (AvgIpc) is 2.84. The number of likely N-dealkylation sites (N-methyl/N-ethyl adjacent to an activating group) is 1. The first-order valence-corrected chi connectivity index (χ1v) is 7.29. The van der Waals surface area contributed by atoms with Crippen molar-refractivity contribution in [2.75, 3.05) is 18.5 Å². The number of benzene rings is 1. The molecule has 2 unspecified atom stereocenters. The average molecular weight is 314 g/mol. The number of nitrogens with two attached hydrogens (primary N) is 1. The molecule has 120 valence electrons. The SMILES string of the molecule is CN1CCC(O)(c2cccc(N3C=CC=NC3C(N)=O)c2)C1=O. The Morgan fingerprint density at radius 1 is 1.48 bits per heavy atom. The highest BCUT2D eigenvalue weighted by molar-refractivity contribution is 5.90. The molecule has 0 saturated carbocycles. The first-order valence-electron chi connectivity index (χ1n) is 7.29. The highest BCUT2D eigenvalue weighted by atomic mass is 16.3. The number of carbonyl (C=O) groups excluding carboxylic acids is 2. The number of aliphatic hydroxyl groups is 1. The van der Waals surface area contributed by atoms with E-state index in [0.717, 1.165) is 0 Å². The van der Waals surface area contributed by atoms with Gasteiger partial charge in [0.05, 0.1) is 0 Å². The van der Waals surface area contributed by atoms with Crippen LogP contribution in [0.3, 0.4) is 0 Å². The van der Waals surface area contributed by atoms with Crippen LogP contribution in [0.25, 0.3) is 0 Å². The Balaban J connectivity index is 1.98. The van der Waals surface area contributed by atoms with Crippen molar-refractivity contribution in [2.45, 2.75) is 18.2 Å². The van der Waals surface area contributed by atoms with Crippen LogP contribution >= 0.6 is 0 Å². The summed E-state index contributed by atoms with van der Waals surface area (Å²) in [4.78, 5) is 31.0. The smallest absolute Gasteiger partial charge is 0.263 e. The van der Waals surface area contributed by atoms with E-state index in [1.54, 1.807) is 48.5 Å². The summed E-state index contributed by atoms with van der Waals surface area (Å²) in [6.07, 6.45) is 4.38. The van der Waals surface area contributed by atoms with Gasteiger partial charge < -0.3 is 20.6 Å². The summed E-state index contributed by atoms with van der Waals surface area (Å²) in [6, 6.07) is 6.91. The van der Waals surface area contributed by atoms with Crippen molar-refractivity contribution < 1.29 is 14.7 Å². The Bertz CT molecular complexity index is 715. The topological polar surface area (TPSA) is 99.2 Å². The number of amides is 2. The quantitative estimate of drug-likeness (QED) is 0.817. The molecule has 2 aliphatic heterocycles. The normalized spacial score (nSPS) is 26.9. The second kappa shape index (κ2) is 5.51. The predicted octanol–water partition coefficient (Wildman–Crippen LogP) is -0.0478. The van der Waals surface area contributed by atoms with Crippen molar-refractivity contribution in [1.29, 1.82) is 0 Å². The fraction of sp³-hybridized carbons (Fsp3) is 0.312. The molecule has 0 aromatic heterocycles. The van der Waals surface area contributed by atoms with Crippen LogP contribution in [0.5, 0.6) is 0 Å². The molecule has 0 radical (unpaired) electrons. The summed E-state index contributed by atoms with van der Waals surface area (Å²) in [5, 5.41) is 10.8. The van der Waals surface area contributed by atoms with Gasteiger partial charge in [0.2, 0.25) is 6.17 Å². The number of hydrogen-bond donors (Lipinski definition) is 2. The van der Waals surface area contributed by atoms with E-state index in [0.29, 0.717) is 24.2 Å². The third-order valence-electron chi connectivity index (χ3n) is 4.21. The Morgan fingerprint density at radius 3 is 2.91 bits per heavy atom. The lowest BCUT2D eigenvalue weighted by Gasteiger charge is -2.29. The van der Waals surface area contributed by atoms with E-state index in [2.05, 4.69) is 4.99 Å². The van der Waals surface area contributed by atoms with Gasteiger partial charge in [-0.2, -0.15) is 0 Å². The molecule has 23 heavy (non-hydrogen) atoms. The van der Waals surface area contributed by atoms with Crippen molar-refractivity contribution in [3.63, 3.8) is 0 Å². The largest absolute Gasteiger partial charge is 0.375 e. The third kappa shape index (κ3) is 2.49. The summed E-state index contributed by atoms with van der Waals surface area (Å²) in [6.45, 7) is 0.497. The molecule has 1 aromatic carbocycles. The van der Waals surface area contributed by atoms with E-state index < -0.39 is 17.7 Å². The Labute approximate surface area is 133 Å². The second-order valence-corrected chi connectivity index (χ2v) is 5.71. The van der Waals surface area contributed by atoms with Gasteiger partial charge in [0.25, 0.3) is 11.8 Å². The molecular formula is C16H18N4O3. The number of carbonyl (C=O) groups is 2. The highest BCUT2D eigenvalue weighted by Crippen LogP contribution is 2.34. The number of anilines is 1. The van der Waals surface area contributed by atoms with E-state index in [-0.39, 0.29) is 5.91 Å². The van der Waals surface area contributed by atoms with Gasteiger partial charge in [0.15, 0.2) is 5.60 Å². The summed E-state index contributed by atoms with van der Waals surface area (Å²) in [7, 11) is 1.66. The molecule has 3 N–H and O–H groups in total. The van der Waals surface area contributed by atoms with Crippen LogP contribution in [0.15, 0.2) is 41.5 Å². The van der Waals surface area contributed by atoms with E-state index in [1.165, 1.54) is 11.1 Å². The lowest BCUT2D eigenvalue weighted by atomic mass is 9.92. The highest BCUT2D eigenvalue weighted by Gasteiger charge is 2.45. The van der Waals surface area contributed by atoms with Crippen LogP contribution in [0, 0.1) is 0 Å². The van der Waals surface area contributed by atoms with Gasteiger partial charge >= 0.3 is 0 Å². The van der Waals surface area contributed by atoms with E-state index in [1.807, 2.05) is 0 Å². The number of rotatable bonds is 3. The van der Waals surface area contributed by atoms with Crippen molar-refractivity contribution in [3.8, 4) is 0 Å².